The van der Waals surface area contributed by atoms with Crippen molar-refractivity contribution in [2.75, 3.05) is 13.1 Å². The van der Waals surface area contributed by atoms with E-state index in [0.717, 1.165) is 37.1 Å². The van der Waals surface area contributed by atoms with Crippen LogP contribution in [0, 0.1) is 17.8 Å². The summed E-state index contributed by atoms with van der Waals surface area (Å²) in [5.74, 6) is 1.76. The Morgan fingerprint density at radius 2 is 1.86 bits per heavy atom. The van der Waals surface area contributed by atoms with Gasteiger partial charge in [0.05, 0.1) is 6.54 Å². The van der Waals surface area contributed by atoms with Crippen LogP contribution in [0.4, 0.5) is 0 Å². The van der Waals surface area contributed by atoms with E-state index in [4.69, 9.17) is 5.11 Å². The molecule has 0 aromatic carbocycles. The van der Waals surface area contributed by atoms with E-state index in [1.54, 1.807) is 0 Å². The molecule has 0 heterocycles. The van der Waals surface area contributed by atoms with E-state index in [0.29, 0.717) is 18.1 Å². The Hall–Kier alpha value is -0.610. The maximum atomic E-state index is 11.1. The average molecular weight is 308 g/mol. The lowest BCUT2D eigenvalue weighted by molar-refractivity contribution is -0.139. The summed E-state index contributed by atoms with van der Waals surface area (Å²) in [6, 6.07) is 1.78. The molecule has 0 aromatic rings. The largest absolute Gasteiger partial charge is 0.480 e. The Kier molecular flexibility index (Phi) is 5.08. The van der Waals surface area contributed by atoms with Crippen LogP contribution >= 0.6 is 0 Å². The lowest BCUT2D eigenvalue weighted by Gasteiger charge is -2.46. The number of rotatable bonds is 7. The minimum atomic E-state index is -0.674. The third-order valence-electron chi connectivity index (χ3n) is 6.04. The quantitative estimate of drug-likeness (QED) is 0.759. The van der Waals surface area contributed by atoms with Gasteiger partial charge in [-0.25, -0.2) is 0 Å². The van der Waals surface area contributed by atoms with Gasteiger partial charge in [0.2, 0.25) is 0 Å². The molecule has 22 heavy (non-hydrogen) atoms. The fourth-order valence-electron chi connectivity index (χ4n) is 4.39. The van der Waals surface area contributed by atoms with Gasteiger partial charge in [0.1, 0.15) is 0 Å². The maximum absolute atomic E-state index is 11.1. The van der Waals surface area contributed by atoms with Crippen LogP contribution in [0.5, 0.6) is 0 Å². The van der Waals surface area contributed by atoms with Crippen LogP contribution in [0.3, 0.4) is 0 Å². The summed E-state index contributed by atoms with van der Waals surface area (Å²) in [5.41, 5.74) is 0. The Morgan fingerprint density at radius 1 is 1.14 bits per heavy atom. The van der Waals surface area contributed by atoms with Crippen LogP contribution in [-0.2, 0) is 4.79 Å². The molecule has 0 aromatic heterocycles. The average Bonchev–Trinajstić information content (AvgIpc) is 3.18. The van der Waals surface area contributed by atoms with Crippen molar-refractivity contribution in [1.82, 2.24) is 10.2 Å². The number of carboxylic acids is 1. The molecule has 3 fully saturated rings. The molecule has 0 radical (unpaired) electrons. The number of nitrogens with zero attached hydrogens (tertiary/aromatic N) is 1. The highest BCUT2D eigenvalue weighted by Gasteiger charge is 2.38. The Morgan fingerprint density at radius 3 is 2.45 bits per heavy atom. The highest BCUT2D eigenvalue weighted by atomic mass is 16.4. The predicted octanol–water partition coefficient (Wildman–Crippen LogP) is 2.73. The summed E-state index contributed by atoms with van der Waals surface area (Å²) < 4.78 is 0. The van der Waals surface area contributed by atoms with Gasteiger partial charge >= 0.3 is 5.97 Å². The molecule has 3 unspecified atom stereocenters. The Labute approximate surface area is 134 Å². The zero-order valence-electron chi connectivity index (χ0n) is 14.1. The van der Waals surface area contributed by atoms with E-state index in [-0.39, 0.29) is 6.54 Å². The van der Waals surface area contributed by atoms with Gasteiger partial charge in [-0.05, 0) is 62.7 Å². The number of hydrogen-bond acceptors (Lipinski definition) is 3. The van der Waals surface area contributed by atoms with Crippen molar-refractivity contribution in [3.63, 3.8) is 0 Å². The summed E-state index contributed by atoms with van der Waals surface area (Å²) in [4.78, 5) is 13.3. The van der Waals surface area contributed by atoms with Crippen LogP contribution < -0.4 is 5.32 Å². The minimum Gasteiger partial charge on any atom is -0.480 e. The molecule has 126 valence electrons. The lowest BCUT2D eigenvalue weighted by atomic mass is 9.77. The van der Waals surface area contributed by atoms with E-state index in [1.807, 2.05) is 0 Å². The van der Waals surface area contributed by atoms with Gasteiger partial charge < -0.3 is 10.4 Å². The molecule has 4 nitrogen and oxygen atoms in total. The first-order valence-corrected chi connectivity index (χ1v) is 9.23. The Balaban J connectivity index is 1.42. The van der Waals surface area contributed by atoms with Crippen LogP contribution in [0.2, 0.25) is 0 Å². The molecule has 0 amide bonds. The van der Waals surface area contributed by atoms with E-state index in [1.165, 1.54) is 32.1 Å². The molecule has 0 spiro atoms. The van der Waals surface area contributed by atoms with Gasteiger partial charge in [-0.2, -0.15) is 0 Å². The Bertz CT molecular complexity index is 391. The standard InChI is InChI=1S/C18H32N2O2/c1-12-3-6-17(13(2)7-12)19-15-8-16(9-15)20(11-18(21)22)10-14-4-5-14/h12-17,19H,3-11H2,1-2H3,(H,21,22). The molecule has 3 aliphatic carbocycles. The highest BCUT2D eigenvalue weighted by Crippen LogP contribution is 2.35. The van der Waals surface area contributed by atoms with Crippen molar-refractivity contribution < 1.29 is 9.90 Å². The summed E-state index contributed by atoms with van der Waals surface area (Å²) in [5, 5.41) is 13.0. The van der Waals surface area contributed by atoms with Crippen LogP contribution in [0.1, 0.15) is 58.8 Å². The van der Waals surface area contributed by atoms with Crippen molar-refractivity contribution in [3.8, 4) is 0 Å². The topological polar surface area (TPSA) is 52.6 Å². The smallest absolute Gasteiger partial charge is 0.317 e. The first-order valence-electron chi connectivity index (χ1n) is 9.23. The van der Waals surface area contributed by atoms with Gasteiger partial charge in [0.15, 0.2) is 0 Å². The molecular weight excluding hydrogens is 276 g/mol. The van der Waals surface area contributed by atoms with Gasteiger partial charge in [-0.3, -0.25) is 9.69 Å². The number of carboxylic acid groups (broad SMARTS) is 1. The second-order valence-electron chi connectivity index (χ2n) is 8.26. The normalized spacial score (nSPS) is 38.8. The second-order valence-corrected chi connectivity index (χ2v) is 8.26. The van der Waals surface area contributed by atoms with E-state index in [9.17, 15) is 4.79 Å². The number of aliphatic carboxylic acids is 1. The fraction of sp³-hybridized carbons (Fsp3) is 0.944. The van der Waals surface area contributed by atoms with Crippen molar-refractivity contribution in [1.29, 1.82) is 0 Å². The monoisotopic (exact) mass is 308 g/mol. The maximum Gasteiger partial charge on any atom is 0.317 e. The predicted molar refractivity (Wildman–Crippen MR) is 87.8 cm³/mol. The first-order chi connectivity index (χ1) is 10.5. The number of nitrogens with one attached hydrogen (secondary N) is 1. The van der Waals surface area contributed by atoms with Gasteiger partial charge in [0.25, 0.3) is 0 Å². The van der Waals surface area contributed by atoms with Crippen molar-refractivity contribution in [2.24, 2.45) is 17.8 Å². The fourth-order valence-corrected chi connectivity index (χ4v) is 4.39. The molecule has 3 aliphatic rings. The summed E-state index contributed by atoms with van der Waals surface area (Å²) in [6.45, 7) is 5.98. The summed E-state index contributed by atoms with van der Waals surface area (Å²) >= 11 is 0. The number of hydrogen-bond donors (Lipinski definition) is 2. The zero-order chi connectivity index (χ0) is 15.7. The molecule has 3 rings (SSSR count). The molecule has 4 heteroatoms. The lowest BCUT2D eigenvalue weighted by Crippen LogP contribution is -2.57. The minimum absolute atomic E-state index is 0.227. The van der Waals surface area contributed by atoms with E-state index in [2.05, 4.69) is 24.1 Å². The summed E-state index contributed by atoms with van der Waals surface area (Å²) in [6.07, 6.45) is 8.87. The summed E-state index contributed by atoms with van der Waals surface area (Å²) in [7, 11) is 0. The third-order valence-corrected chi connectivity index (χ3v) is 6.04. The van der Waals surface area contributed by atoms with Crippen molar-refractivity contribution >= 4 is 5.97 Å². The molecule has 3 saturated carbocycles. The third kappa shape index (κ3) is 4.23. The first kappa shape index (κ1) is 16.3. The van der Waals surface area contributed by atoms with Gasteiger partial charge in [-0.1, -0.05) is 13.8 Å². The molecule has 2 N–H and O–H groups in total. The highest BCUT2D eigenvalue weighted by molar-refractivity contribution is 5.69. The zero-order valence-corrected chi connectivity index (χ0v) is 14.1. The second kappa shape index (κ2) is 6.88. The van der Waals surface area contributed by atoms with Crippen molar-refractivity contribution in [3.05, 3.63) is 0 Å². The van der Waals surface area contributed by atoms with Crippen LogP contribution in [0.25, 0.3) is 0 Å². The molecule has 0 bridgehead atoms. The number of carbonyl (C=O) groups is 1. The van der Waals surface area contributed by atoms with Crippen LogP contribution in [0.15, 0.2) is 0 Å². The van der Waals surface area contributed by atoms with E-state index < -0.39 is 5.97 Å². The van der Waals surface area contributed by atoms with E-state index >= 15 is 0 Å². The molecule has 0 saturated heterocycles. The SMILES string of the molecule is CC1CCC(NC2CC(N(CC(=O)O)CC3CC3)C2)C(C)C1. The molecule has 3 atom stereocenters. The molecular formula is C18H32N2O2. The van der Waals surface area contributed by atoms with Crippen LogP contribution in [-0.4, -0.2) is 47.2 Å². The van der Waals surface area contributed by atoms with Gasteiger partial charge in [0, 0.05) is 24.7 Å². The van der Waals surface area contributed by atoms with Crippen molar-refractivity contribution in [2.45, 2.75) is 76.9 Å². The van der Waals surface area contributed by atoms with Gasteiger partial charge in [-0.15, -0.1) is 0 Å². The molecule has 0 aliphatic heterocycles.